The first-order valence-electron chi connectivity index (χ1n) is 10.1. The molecule has 0 N–H and O–H groups in total. The van der Waals surface area contributed by atoms with Gasteiger partial charge in [0.15, 0.2) is 0 Å². The van der Waals surface area contributed by atoms with Gasteiger partial charge in [0.1, 0.15) is 0 Å². The molecule has 0 saturated carbocycles. The van der Waals surface area contributed by atoms with Crippen LogP contribution in [0.15, 0.2) is 48.7 Å². The molecule has 1 rings (SSSR count). The van der Waals surface area contributed by atoms with E-state index in [-0.39, 0.29) is 5.97 Å². The first-order chi connectivity index (χ1) is 14.8. The molecule has 7 nitrogen and oxygen atoms in total. The number of benzene rings is 1. The highest BCUT2D eigenvalue weighted by Crippen LogP contribution is 2.14. The highest BCUT2D eigenvalue weighted by Gasteiger charge is 2.36. The van der Waals surface area contributed by atoms with E-state index in [1.165, 1.54) is 10.8 Å². The number of rotatable bonds is 14. The SMILES string of the molecule is C=C(C)C(=O)OCCC[Si](OC)(OC)OC.C=C[SiH](OCCOC)c1ccc(C)cc1. The van der Waals surface area contributed by atoms with Crippen LogP contribution in [0.2, 0.25) is 6.04 Å². The third-order valence-electron chi connectivity index (χ3n) is 4.35. The Balaban J connectivity index is 0.000000581. The van der Waals surface area contributed by atoms with Gasteiger partial charge in [0, 0.05) is 40.1 Å². The summed E-state index contributed by atoms with van der Waals surface area (Å²) in [6.07, 6.45) is 0.640. The average Bonchev–Trinajstić information content (AvgIpc) is 2.78. The van der Waals surface area contributed by atoms with Crippen molar-refractivity contribution in [2.45, 2.75) is 26.3 Å². The molecule has 0 fully saturated rings. The van der Waals surface area contributed by atoms with Crippen molar-refractivity contribution in [1.29, 1.82) is 0 Å². The minimum absolute atomic E-state index is 0.316. The molecule has 0 aliphatic carbocycles. The number of hydrogen-bond acceptors (Lipinski definition) is 7. The van der Waals surface area contributed by atoms with Crippen molar-refractivity contribution >= 4 is 29.0 Å². The van der Waals surface area contributed by atoms with Gasteiger partial charge in [-0.2, -0.15) is 0 Å². The average molecular weight is 471 g/mol. The third-order valence-corrected chi connectivity index (χ3v) is 9.24. The number of carbonyl (C=O) groups excluding carboxylic acids is 1. The van der Waals surface area contributed by atoms with E-state index in [0.29, 0.717) is 37.9 Å². The highest BCUT2D eigenvalue weighted by atomic mass is 28.4. The Hall–Kier alpha value is -1.60. The van der Waals surface area contributed by atoms with E-state index in [0.717, 1.165) is 0 Å². The fraction of sp³-hybridized carbons (Fsp3) is 0.500. The van der Waals surface area contributed by atoms with E-state index in [9.17, 15) is 4.79 Å². The maximum absolute atomic E-state index is 11.1. The number of hydrogen-bond donors (Lipinski definition) is 0. The third kappa shape index (κ3) is 12.1. The van der Waals surface area contributed by atoms with Crippen LogP contribution in [0.4, 0.5) is 0 Å². The molecule has 9 heteroatoms. The van der Waals surface area contributed by atoms with E-state index in [2.05, 4.69) is 44.3 Å². The van der Waals surface area contributed by atoms with Gasteiger partial charge in [-0.05, 0) is 25.5 Å². The van der Waals surface area contributed by atoms with E-state index in [4.69, 9.17) is 27.2 Å². The van der Waals surface area contributed by atoms with Crippen LogP contribution in [0, 0.1) is 6.92 Å². The molecule has 0 amide bonds. The molecule has 0 spiro atoms. The normalized spacial score (nSPS) is 11.8. The summed E-state index contributed by atoms with van der Waals surface area (Å²) < 4.78 is 31.3. The molecular formula is C22H38O7Si2. The number of methoxy groups -OCH3 is 1. The standard InChI is InChI=1S/C12H18O2Si.C10H20O5Si/c1-4-15(14-10-9-13-3)12-7-5-11(2)6-8-12;1-9(2)10(11)15-7-6-8-16(12-3,13-4)14-5/h4-8,15H,1,9-10H2,2-3H3;1,6-8H2,2-5H3. The molecule has 0 aliphatic heterocycles. The van der Waals surface area contributed by atoms with Crippen molar-refractivity contribution in [3.63, 3.8) is 0 Å². The zero-order valence-corrected chi connectivity index (χ0v) is 21.9. The van der Waals surface area contributed by atoms with Crippen LogP contribution in [-0.4, -0.2) is 72.1 Å². The van der Waals surface area contributed by atoms with Gasteiger partial charge in [0.25, 0.3) is 0 Å². The van der Waals surface area contributed by atoms with Crippen molar-refractivity contribution in [2.24, 2.45) is 0 Å². The molecule has 1 unspecified atom stereocenters. The summed E-state index contributed by atoms with van der Waals surface area (Å²) in [6, 6.07) is 9.08. The van der Waals surface area contributed by atoms with E-state index >= 15 is 0 Å². The van der Waals surface area contributed by atoms with Crippen LogP contribution >= 0.6 is 0 Å². The predicted molar refractivity (Wildman–Crippen MR) is 128 cm³/mol. The van der Waals surface area contributed by atoms with Crippen LogP contribution in [0.25, 0.3) is 0 Å². The van der Waals surface area contributed by atoms with Crippen LogP contribution in [-0.2, 0) is 32.0 Å². The van der Waals surface area contributed by atoms with Crippen molar-refractivity contribution in [1.82, 2.24) is 0 Å². The predicted octanol–water partition coefficient (Wildman–Crippen LogP) is 2.69. The first-order valence-corrected chi connectivity index (χ1v) is 13.7. The minimum atomic E-state index is -2.53. The molecule has 1 aromatic rings. The lowest BCUT2D eigenvalue weighted by Gasteiger charge is -2.24. The topological polar surface area (TPSA) is 72.5 Å². The summed E-state index contributed by atoms with van der Waals surface area (Å²) in [6.45, 7) is 12.6. The van der Waals surface area contributed by atoms with Gasteiger partial charge in [-0.15, -0.1) is 6.58 Å². The Morgan fingerprint density at radius 2 is 1.61 bits per heavy atom. The molecular weight excluding hydrogens is 432 g/mol. The Morgan fingerprint density at radius 3 is 2.06 bits per heavy atom. The van der Waals surface area contributed by atoms with E-state index in [1.54, 1.807) is 35.4 Å². The Bertz CT molecular complexity index is 637. The molecule has 0 bridgehead atoms. The molecule has 1 aromatic carbocycles. The van der Waals surface area contributed by atoms with Gasteiger partial charge in [0.05, 0.1) is 19.8 Å². The second kappa shape index (κ2) is 17.0. The van der Waals surface area contributed by atoms with Gasteiger partial charge in [0.2, 0.25) is 9.04 Å². The fourth-order valence-electron chi connectivity index (χ4n) is 2.45. The lowest BCUT2D eigenvalue weighted by Crippen LogP contribution is -2.42. The number of ether oxygens (including phenoxy) is 2. The molecule has 0 aliphatic rings. The molecule has 0 radical (unpaired) electrons. The zero-order chi connectivity index (χ0) is 23.7. The summed E-state index contributed by atoms with van der Waals surface area (Å²) in [5, 5.41) is 1.27. The smallest absolute Gasteiger partial charge is 0.462 e. The Kier molecular flexibility index (Phi) is 16.1. The maximum Gasteiger partial charge on any atom is 0.500 e. The first kappa shape index (κ1) is 29.4. The summed E-state index contributed by atoms with van der Waals surface area (Å²) in [5.74, 6) is -0.375. The molecule has 31 heavy (non-hydrogen) atoms. The summed E-state index contributed by atoms with van der Waals surface area (Å²) in [7, 11) is 2.37. The molecule has 0 saturated heterocycles. The molecule has 0 aromatic heterocycles. The van der Waals surface area contributed by atoms with Gasteiger partial charge in [-0.25, -0.2) is 4.79 Å². The quantitative estimate of drug-likeness (QED) is 0.179. The van der Waals surface area contributed by atoms with Gasteiger partial charge in [-0.3, -0.25) is 0 Å². The van der Waals surface area contributed by atoms with Gasteiger partial charge < -0.3 is 27.2 Å². The summed E-state index contributed by atoms with van der Waals surface area (Å²) in [5.41, 5.74) is 3.61. The second-order valence-corrected chi connectivity index (χ2v) is 12.1. The Morgan fingerprint density at radius 1 is 1.03 bits per heavy atom. The molecule has 0 heterocycles. The summed E-state index contributed by atoms with van der Waals surface area (Å²) >= 11 is 0. The van der Waals surface area contributed by atoms with Gasteiger partial charge >= 0.3 is 14.8 Å². The van der Waals surface area contributed by atoms with Crippen LogP contribution in [0.5, 0.6) is 0 Å². The van der Waals surface area contributed by atoms with Gasteiger partial charge in [-0.1, -0.05) is 42.1 Å². The van der Waals surface area contributed by atoms with E-state index < -0.39 is 17.8 Å². The molecule has 1 atom stereocenters. The number of carbonyl (C=O) groups is 1. The van der Waals surface area contributed by atoms with Crippen LogP contribution in [0.1, 0.15) is 18.9 Å². The monoisotopic (exact) mass is 470 g/mol. The van der Waals surface area contributed by atoms with Crippen molar-refractivity contribution < 1.29 is 32.0 Å². The van der Waals surface area contributed by atoms with Crippen molar-refractivity contribution in [3.8, 4) is 0 Å². The highest BCUT2D eigenvalue weighted by molar-refractivity contribution is 6.72. The van der Waals surface area contributed by atoms with Crippen molar-refractivity contribution in [3.05, 3.63) is 54.3 Å². The maximum atomic E-state index is 11.1. The summed E-state index contributed by atoms with van der Waals surface area (Å²) in [4.78, 5) is 11.1. The molecule has 176 valence electrons. The van der Waals surface area contributed by atoms with Crippen LogP contribution < -0.4 is 5.19 Å². The lowest BCUT2D eigenvalue weighted by molar-refractivity contribution is -0.139. The largest absolute Gasteiger partial charge is 0.500 e. The Labute approximate surface area is 190 Å². The van der Waals surface area contributed by atoms with E-state index in [1.807, 2.05) is 5.70 Å². The lowest BCUT2D eigenvalue weighted by atomic mass is 10.2. The number of aryl methyl sites for hydroxylation is 1. The van der Waals surface area contributed by atoms with Crippen molar-refractivity contribution in [2.75, 3.05) is 48.3 Å². The van der Waals surface area contributed by atoms with Crippen LogP contribution in [0.3, 0.4) is 0 Å². The minimum Gasteiger partial charge on any atom is -0.462 e. The number of esters is 1. The fourth-order valence-corrected chi connectivity index (χ4v) is 5.66. The second-order valence-electron chi connectivity index (χ2n) is 6.75. The zero-order valence-electron chi connectivity index (χ0n) is 19.8.